The van der Waals surface area contributed by atoms with Crippen LogP contribution in [-0.2, 0) is 5.41 Å². The van der Waals surface area contributed by atoms with Crippen LogP contribution in [0.3, 0.4) is 0 Å². The molecule has 14 rings (SSSR count). The van der Waals surface area contributed by atoms with E-state index >= 15 is 0 Å². The fourth-order valence-electron chi connectivity index (χ4n) is 11.0. The summed E-state index contributed by atoms with van der Waals surface area (Å²) in [5.74, 6) is 2.14. The van der Waals surface area contributed by atoms with Crippen molar-refractivity contribution in [3.8, 4) is 90.2 Å². The zero-order valence-corrected chi connectivity index (χ0v) is 40.0. The largest absolute Gasteiger partial charge is 0.452 e. The molecule has 0 amide bonds. The highest BCUT2D eigenvalue weighted by atomic mass is 16.3. The molecule has 346 valence electrons. The maximum absolute atomic E-state index is 6.73. The third kappa shape index (κ3) is 7.14. The molecule has 6 nitrogen and oxygen atoms in total. The van der Waals surface area contributed by atoms with E-state index < -0.39 is 5.41 Å². The summed E-state index contributed by atoms with van der Waals surface area (Å²) in [6.45, 7) is 0. The Hall–Kier alpha value is -9.91. The Morgan fingerprint density at radius 3 is 1.32 bits per heavy atom. The smallest absolute Gasteiger partial charge is 0.180 e. The highest BCUT2D eigenvalue weighted by Gasteiger charge is 2.47. The average Bonchev–Trinajstić information content (AvgIpc) is 4.02. The van der Waals surface area contributed by atoms with Gasteiger partial charge >= 0.3 is 0 Å². The number of para-hydroxylation sites is 1. The van der Waals surface area contributed by atoms with Crippen molar-refractivity contribution >= 4 is 22.1 Å². The Bertz CT molecular complexity index is 4160. The number of benzene rings is 10. The molecule has 3 aromatic heterocycles. The average molecular weight is 946 g/mol. The van der Waals surface area contributed by atoms with Crippen LogP contribution in [0.5, 0.6) is 0 Å². The Kier molecular flexibility index (Phi) is 10.3. The third-order valence-electron chi connectivity index (χ3n) is 14.5. The molecule has 1 aliphatic rings. The van der Waals surface area contributed by atoms with E-state index in [1.165, 1.54) is 5.56 Å². The van der Waals surface area contributed by atoms with E-state index in [4.69, 9.17) is 29.3 Å². The molecule has 74 heavy (non-hydrogen) atoms. The van der Waals surface area contributed by atoms with Crippen molar-refractivity contribution in [2.75, 3.05) is 0 Å². The van der Waals surface area contributed by atoms with Gasteiger partial charge in [-0.1, -0.05) is 237 Å². The van der Waals surface area contributed by atoms with Gasteiger partial charge in [-0.2, -0.15) is 0 Å². The summed E-state index contributed by atoms with van der Waals surface area (Å²) in [5.41, 5.74) is 17.6. The monoisotopic (exact) mass is 945 g/mol. The van der Waals surface area contributed by atoms with Crippen LogP contribution >= 0.6 is 0 Å². The summed E-state index contributed by atoms with van der Waals surface area (Å²) in [6, 6.07) is 91.2. The fourth-order valence-corrected chi connectivity index (χ4v) is 11.0. The lowest BCUT2D eigenvalue weighted by molar-refractivity contribution is 0.667. The number of aromatic nitrogens is 5. The molecule has 0 bridgehead atoms. The lowest BCUT2D eigenvalue weighted by atomic mass is 9.67. The van der Waals surface area contributed by atoms with Gasteiger partial charge in [-0.3, -0.25) is 0 Å². The Balaban J connectivity index is 1.07. The van der Waals surface area contributed by atoms with Crippen molar-refractivity contribution in [1.29, 1.82) is 0 Å². The molecular formula is C68H43N5O. The maximum Gasteiger partial charge on any atom is 0.180 e. The Morgan fingerprint density at radius 1 is 0.284 bits per heavy atom. The molecule has 0 aliphatic heterocycles. The molecule has 6 heteroatoms. The van der Waals surface area contributed by atoms with E-state index in [2.05, 4.69) is 200 Å². The van der Waals surface area contributed by atoms with Crippen LogP contribution in [0.2, 0.25) is 0 Å². The van der Waals surface area contributed by atoms with Gasteiger partial charge in [0.1, 0.15) is 16.8 Å². The minimum Gasteiger partial charge on any atom is -0.452 e. The molecule has 0 N–H and O–H groups in total. The molecule has 0 fully saturated rings. The summed E-state index contributed by atoms with van der Waals surface area (Å²) in [7, 11) is 0. The Morgan fingerprint density at radius 2 is 0.716 bits per heavy atom. The van der Waals surface area contributed by atoms with Crippen molar-refractivity contribution in [1.82, 2.24) is 24.9 Å². The van der Waals surface area contributed by atoms with E-state index in [1.807, 2.05) is 60.7 Å². The van der Waals surface area contributed by atoms with E-state index in [0.717, 1.165) is 94.4 Å². The number of nitrogens with zero attached hydrogens (tertiary/aromatic N) is 5. The summed E-state index contributed by atoms with van der Waals surface area (Å²) in [6.07, 6.45) is 0. The normalized spacial score (nSPS) is 12.4. The fraction of sp³-hybridized carbons (Fsp3) is 0.0147. The van der Waals surface area contributed by atoms with Crippen LogP contribution in [0.15, 0.2) is 265 Å². The molecule has 13 aromatic rings. The quantitative estimate of drug-likeness (QED) is 0.143. The van der Waals surface area contributed by atoms with Crippen LogP contribution in [0, 0.1) is 0 Å². The number of fused-ring (bicyclic) bond motifs is 6. The van der Waals surface area contributed by atoms with Gasteiger partial charge in [-0.25, -0.2) is 24.9 Å². The van der Waals surface area contributed by atoms with Crippen molar-refractivity contribution in [3.05, 3.63) is 283 Å². The van der Waals surface area contributed by atoms with Crippen molar-refractivity contribution < 1.29 is 4.42 Å². The van der Waals surface area contributed by atoms with Gasteiger partial charge in [0, 0.05) is 33.2 Å². The first-order valence-corrected chi connectivity index (χ1v) is 24.9. The van der Waals surface area contributed by atoms with Gasteiger partial charge in [0.05, 0.1) is 5.41 Å². The predicted molar refractivity (Wildman–Crippen MR) is 298 cm³/mol. The lowest BCUT2D eigenvalue weighted by Gasteiger charge is -2.34. The SMILES string of the molecule is c1ccc(-c2ccc(-c3nc(-c4ccccc4)nc(-c4cc5c(cc4-c4nc(-c6ccc(-c7ccccc7)cc6)c6oc7ccccc7c6n4)C(c4ccccc4)(c4ccccc4)c4ccccc4-5)n3)cc2)cc1. The molecule has 0 unspecified atom stereocenters. The topological polar surface area (TPSA) is 77.6 Å². The third-order valence-corrected chi connectivity index (χ3v) is 14.5. The van der Waals surface area contributed by atoms with E-state index in [1.54, 1.807) is 0 Å². The molecule has 0 spiro atoms. The van der Waals surface area contributed by atoms with Gasteiger partial charge in [0.25, 0.3) is 0 Å². The van der Waals surface area contributed by atoms with Gasteiger partial charge in [0.2, 0.25) is 0 Å². The number of hydrogen-bond donors (Lipinski definition) is 0. The van der Waals surface area contributed by atoms with Crippen LogP contribution in [0.25, 0.3) is 112 Å². The molecule has 3 heterocycles. The number of rotatable bonds is 9. The van der Waals surface area contributed by atoms with Gasteiger partial charge in [0.15, 0.2) is 28.9 Å². The molecular weight excluding hydrogens is 903 g/mol. The first-order chi connectivity index (χ1) is 36.7. The van der Waals surface area contributed by atoms with Gasteiger partial charge in [-0.15, -0.1) is 0 Å². The molecule has 10 aromatic carbocycles. The molecule has 0 saturated carbocycles. The zero-order chi connectivity index (χ0) is 49.0. The zero-order valence-electron chi connectivity index (χ0n) is 40.0. The highest BCUT2D eigenvalue weighted by Crippen LogP contribution is 2.58. The van der Waals surface area contributed by atoms with Crippen molar-refractivity contribution in [3.63, 3.8) is 0 Å². The highest BCUT2D eigenvalue weighted by molar-refractivity contribution is 6.07. The van der Waals surface area contributed by atoms with Crippen molar-refractivity contribution in [2.24, 2.45) is 0 Å². The standard InChI is InChI=1S/C68H43N5O/c1-6-20-44(21-7-1)46-34-38-48(39-35-46)61-63-62(54-31-17-19-33-60(54)74-63)70-66(69-61)57-43-59-55(53-30-16-18-32-58(53)68(59,51-26-12-4-13-27-51)52-28-14-5-15-29-52)42-56(57)67-72-64(49-24-10-3-11-25-49)71-65(73-67)50-40-36-47(37-41-50)45-22-8-2-9-23-45/h1-43H. The molecule has 1 aliphatic carbocycles. The predicted octanol–water partition coefficient (Wildman–Crippen LogP) is 16.6. The molecule has 0 atom stereocenters. The first-order valence-electron chi connectivity index (χ1n) is 24.9. The summed E-state index contributed by atoms with van der Waals surface area (Å²) >= 11 is 0. The van der Waals surface area contributed by atoms with Gasteiger partial charge in [-0.05, 0) is 79.9 Å². The second-order valence-electron chi connectivity index (χ2n) is 18.7. The molecule has 0 saturated heterocycles. The van der Waals surface area contributed by atoms with Crippen LogP contribution in [0.4, 0.5) is 0 Å². The minimum absolute atomic E-state index is 0.503. The maximum atomic E-state index is 6.73. The van der Waals surface area contributed by atoms with E-state index in [0.29, 0.717) is 34.6 Å². The van der Waals surface area contributed by atoms with Crippen LogP contribution in [-0.4, -0.2) is 24.9 Å². The van der Waals surface area contributed by atoms with E-state index in [-0.39, 0.29) is 0 Å². The summed E-state index contributed by atoms with van der Waals surface area (Å²) < 4.78 is 6.73. The van der Waals surface area contributed by atoms with E-state index in [9.17, 15) is 0 Å². The van der Waals surface area contributed by atoms with Crippen LogP contribution < -0.4 is 0 Å². The second kappa shape index (κ2) is 17.7. The number of hydrogen-bond acceptors (Lipinski definition) is 6. The second-order valence-corrected chi connectivity index (χ2v) is 18.7. The number of furan rings is 1. The molecule has 0 radical (unpaired) electrons. The first kappa shape index (κ1) is 42.9. The summed E-state index contributed by atoms with van der Waals surface area (Å²) in [5, 5.41) is 0.902. The summed E-state index contributed by atoms with van der Waals surface area (Å²) in [4.78, 5) is 27.2. The van der Waals surface area contributed by atoms with Crippen LogP contribution in [0.1, 0.15) is 22.3 Å². The minimum atomic E-state index is -0.704. The lowest BCUT2D eigenvalue weighted by Crippen LogP contribution is -2.28. The Labute approximate surface area is 428 Å². The van der Waals surface area contributed by atoms with Gasteiger partial charge < -0.3 is 4.42 Å². The van der Waals surface area contributed by atoms with Crippen molar-refractivity contribution in [2.45, 2.75) is 5.41 Å².